The number of carbonyl (C=O) groups is 4. The van der Waals surface area contributed by atoms with Crippen molar-refractivity contribution in [3.05, 3.63) is 23.8 Å². The standard InChI is InChI=1S/C13H11IN2O8S/c14-6-11(19)24-13(20)7-2-1-3-8(12(7)15)16(25(21,22)23)9(17)4-5-10(16)18/h1-3H,4-6H2,(H2-,15,20,21,22,23)/p+1. The molecule has 3 N–H and O–H groups in total. The van der Waals surface area contributed by atoms with Crippen LogP contribution >= 0.6 is 22.6 Å². The van der Waals surface area contributed by atoms with Crippen molar-refractivity contribution in [1.29, 1.82) is 0 Å². The lowest BCUT2D eigenvalue weighted by Gasteiger charge is -2.24. The van der Waals surface area contributed by atoms with Gasteiger partial charge in [-0.3, -0.25) is 4.79 Å². The number of rotatable bonds is 4. The van der Waals surface area contributed by atoms with Gasteiger partial charge in [-0.2, -0.15) is 0 Å². The van der Waals surface area contributed by atoms with Gasteiger partial charge in [0, 0.05) is 6.07 Å². The van der Waals surface area contributed by atoms with E-state index in [4.69, 9.17) is 5.73 Å². The van der Waals surface area contributed by atoms with Crippen molar-refractivity contribution in [2.24, 2.45) is 0 Å². The van der Waals surface area contributed by atoms with Crippen LogP contribution in [0.3, 0.4) is 0 Å². The van der Waals surface area contributed by atoms with Gasteiger partial charge in [-0.05, 0) is 9.95 Å². The molecule has 0 bridgehead atoms. The van der Waals surface area contributed by atoms with E-state index in [0.29, 0.717) is 0 Å². The number of nitrogen functional groups attached to an aromatic ring is 1. The topological polar surface area (TPSA) is 158 Å². The number of ether oxygens (including phenoxy) is 1. The highest BCUT2D eigenvalue weighted by atomic mass is 127. The predicted molar refractivity (Wildman–Crippen MR) is 92.8 cm³/mol. The lowest BCUT2D eigenvalue weighted by atomic mass is 10.1. The van der Waals surface area contributed by atoms with Crippen LogP contribution in [0.4, 0.5) is 11.4 Å². The van der Waals surface area contributed by atoms with Gasteiger partial charge in [0.25, 0.3) is 0 Å². The molecule has 0 spiro atoms. The summed E-state index contributed by atoms with van der Waals surface area (Å²) in [5, 5.41) is 0. The molecule has 1 aromatic rings. The van der Waals surface area contributed by atoms with Crippen LogP contribution in [0.5, 0.6) is 0 Å². The number of amides is 2. The molecule has 2 amide bonds. The zero-order chi connectivity index (χ0) is 19.0. The highest BCUT2D eigenvalue weighted by Gasteiger charge is 2.62. The van der Waals surface area contributed by atoms with Crippen LogP contribution in [0, 0.1) is 0 Å². The lowest BCUT2D eigenvalue weighted by molar-refractivity contribution is -0.135. The molecule has 1 saturated heterocycles. The molecular formula is C13H12IN2O8S+. The van der Waals surface area contributed by atoms with E-state index in [2.05, 4.69) is 4.74 Å². The molecule has 0 aliphatic carbocycles. The number of nitrogens with zero attached hydrogens (tertiary/aromatic N) is 1. The molecule has 12 heteroatoms. The Bertz CT molecular complexity index is 879. The van der Waals surface area contributed by atoms with Gasteiger partial charge in [0.1, 0.15) is 5.69 Å². The Balaban J connectivity index is 2.69. The molecular weight excluding hydrogens is 471 g/mol. The first-order valence-corrected chi connectivity index (χ1v) is 9.63. The predicted octanol–water partition coefficient (Wildman–Crippen LogP) is 0.344. The number of para-hydroxylation sites is 1. The summed E-state index contributed by atoms with van der Waals surface area (Å²) in [4.78, 5) is 47.6. The lowest BCUT2D eigenvalue weighted by Crippen LogP contribution is -2.58. The highest BCUT2D eigenvalue weighted by Crippen LogP contribution is 2.40. The third-order valence-corrected chi connectivity index (χ3v) is 5.48. The quantitative estimate of drug-likeness (QED) is 0.0901. The first kappa shape index (κ1) is 19.4. The minimum atomic E-state index is -5.27. The zero-order valence-corrected chi connectivity index (χ0v) is 15.4. The van der Waals surface area contributed by atoms with Crippen LogP contribution in [0.2, 0.25) is 0 Å². The smallest absolute Gasteiger partial charge is 0.393 e. The number of nitrogens with two attached hydrogens (primary N) is 1. The fraction of sp³-hybridized carbons (Fsp3) is 0.231. The maximum absolute atomic E-state index is 12.2. The van der Waals surface area contributed by atoms with Crippen LogP contribution in [0.1, 0.15) is 23.2 Å². The highest BCUT2D eigenvalue weighted by molar-refractivity contribution is 14.1. The Morgan fingerprint density at radius 2 is 1.80 bits per heavy atom. The van der Waals surface area contributed by atoms with E-state index in [1.54, 1.807) is 22.6 Å². The number of carbonyl (C=O) groups excluding carboxylic acids is 4. The molecule has 1 aliphatic rings. The maximum atomic E-state index is 12.2. The number of quaternary nitrogens is 1. The average molecular weight is 483 g/mol. The van der Waals surface area contributed by atoms with E-state index in [9.17, 15) is 32.1 Å². The van der Waals surface area contributed by atoms with E-state index >= 15 is 0 Å². The Hall–Kier alpha value is -1.90. The van der Waals surface area contributed by atoms with Gasteiger partial charge in [0.2, 0.25) is 0 Å². The first-order chi connectivity index (χ1) is 11.6. The molecule has 10 nitrogen and oxygen atoms in total. The molecule has 25 heavy (non-hydrogen) atoms. The summed E-state index contributed by atoms with van der Waals surface area (Å²) in [5.74, 6) is -4.24. The Kier molecular flexibility index (Phi) is 5.27. The van der Waals surface area contributed by atoms with Crippen molar-refractivity contribution >= 4 is 68.0 Å². The summed E-state index contributed by atoms with van der Waals surface area (Å²) in [7, 11) is -5.27. The number of hydrogen-bond donors (Lipinski definition) is 2. The minimum Gasteiger partial charge on any atom is -0.393 e. The summed E-state index contributed by atoms with van der Waals surface area (Å²) in [6.45, 7) is 0. The average Bonchev–Trinajstić information content (AvgIpc) is 2.83. The summed E-state index contributed by atoms with van der Waals surface area (Å²) in [5.41, 5.74) is 4.21. The van der Waals surface area contributed by atoms with Gasteiger partial charge >= 0.3 is 34.1 Å². The van der Waals surface area contributed by atoms with Crippen molar-refractivity contribution < 1.29 is 36.9 Å². The molecule has 0 atom stereocenters. The van der Waals surface area contributed by atoms with Crippen molar-refractivity contribution in [2.45, 2.75) is 12.8 Å². The van der Waals surface area contributed by atoms with Gasteiger partial charge in [0.15, 0.2) is 5.69 Å². The van der Waals surface area contributed by atoms with Crippen LogP contribution in [-0.2, 0) is 29.4 Å². The number of hydrogen-bond acceptors (Lipinski definition) is 8. The molecule has 0 saturated carbocycles. The van der Waals surface area contributed by atoms with Gasteiger partial charge in [-0.15, -0.1) is 8.42 Å². The first-order valence-electron chi connectivity index (χ1n) is 6.70. The molecule has 1 aliphatic heterocycles. The van der Waals surface area contributed by atoms with E-state index in [-0.39, 0.29) is 4.43 Å². The summed E-state index contributed by atoms with van der Waals surface area (Å²) in [6, 6.07) is 3.31. The third-order valence-electron chi connectivity index (χ3n) is 3.56. The molecule has 1 fully saturated rings. The molecule has 1 aromatic carbocycles. The number of esters is 2. The number of alkyl halides is 1. The normalized spacial score (nSPS) is 16.7. The SMILES string of the molecule is Nc1c(C(=O)OC(=O)CI)cccc1[N+]1(S(=O)(=O)O)C(=O)CCC1=O. The number of anilines is 1. The fourth-order valence-corrected chi connectivity index (χ4v) is 3.77. The molecule has 2 rings (SSSR count). The number of benzene rings is 1. The fourth-order valence-electron chi connectivity index (χ4n) is 2.51. The van der Waals surface area contributed by atoms with Gasteiger partial charge in [-0.25, -0.2) is 18.9 Å². The maximum Gasteiger partial charge on any atom is 0.452 e. The van der Waals surface area contributed by atoms with Crippen LogP contribution in [-0.4, -0.2) is 41.2 Å². The number of halogens is 1. The van der Waals surface area contributed by atoms with Crippen molar-refractivity contribution in [1.82, 2.24) is 3.89 Å². The summed E-state index contributed by atoms with van der Waals surface area (Å²) in [6.07, 6.45) is -0.833. The second kappa shape index (κ2) is 6.78. The van der Waals surface area contributed by atoms with E-state index in [1.165, 1.54) is 0 Å². The van der Waals surface area contributed by atoms with E-state index < -0.39 is 67.7 Å². The largest absolute Gasteiger partial charge is 0.452 e. The second-order valence-electron chi connectivity index (χ2n) is 4.98. The van der Waals surface area contributed by atoms with E-state index in [0.717, 1.165) is 18.2 Å². The molecule has 0 aromatic heterocycles. The molecule has 134 valence electrons. The summed E-state index contributed by atoms with van der Waals surface area (Å²) < 4.78 is 35.7. The van der Waals surface area contributed by atoms with Crippen LogP contribution in [0.25, 0.3) is 0 Å². The summed E-state index contributed by atoms with van der Waals surface area (Å²) >= 11 is 1.67. The second-order valence-corrected chi connectivity index (χ2v) is 7.18. The van der Waals surface area contributed by atoms with Gasteiger partial charge in [-0.1, -0.05) is 28.7 Å². The molecule has 1 heterocycles. The van der Waals surface area contributed by atoms with Crippen molar-refractivity contribution in [3.63, 3.8) is 0 Å². The van der Waals surface area contributed by atoms with Gasteiger partial charge in [0.05, 0.1) is 22.8 Å². The zero-order valence-electron chi connectivity index (χ0n) is 12.5. The van der Waals surface area contributed by atoms with Crippen LogP contribution in [0.15, 0.2) is 18.2 Å². The minimum absolute atomic E-state index is 0.120. The van der Waals surface area contributed by atoms with E-state index in [1.807, 2.05) is 0 Å². The van der Waals surface area contributed by atoms with Gasteiger partial charge < -0.3 is 10.5 Å². The van der Waals surface area contributed by atoms with Crippen LogP contribution < -0.4 is 9.62 Å². The Morgan fingerprint density at radius 3 is 2.28 bits per heavy atom. The molecule has 0 radical (unpaired) electrons. The molecule has 0 unspecified atom stereocenters. The third kappa shape index (κ3) is 3.05. The van der Waals surface area contributed by atoms with Crippen molar-refractivity contribution in [3.8, 4) is 0 Å². The Labute approximate surface area is 155 Å². The number of imide groups is 1. The monoisotopic (exact) mass is 483 g/mol. The Morgan fingerprint density at radius 1 is 1.24 bits per heavy atom. The van der Waals surface area contributed by atoms with Crippen molar-refractivity contribution in [2.75, 3.05) is 10.2 Å².